The Hall–Kier alpha value is -4.16. The Bertz CT molecular complexity index is 1700. The molecule has 3 aromatic carbocycles. The number of halogens is 1. The second-order valence-electron chi connectivity index (χ2n) is 10.8. The van der Waals surface area contributed by atoms with E-state index in [1.165, 1.54) is 49.3 Å². The Labute approximate surface area is 250 Å². The van der Waals surface area contributed by atoms with Crippen molar-refractivity contribution in [3.8, 4) is 17.2 Å². The number of fused-ring (bicyclic) bond motifs is 1. The van der Waals surface area contributed by atoms with Gasteiger partial charge in [-0.05, 0) is 31.2 Å². The molecule has 2 heterocycles. The molecular weight excluding hydrogens is 577 g/mol. The molecule has 10 nitrogen and oxygen atoms in total. The van der Waals surface area contributed by atoms with Crippen LogP contribution in [0.2, 0.25) is 0 Å². The Morgan fingerprint density at radius 3 is 2.30 bits per heavy atom. The third kappa shape index (κ3) is 4.60. The van der Waals surface area contributed by atoms with Gasteiger partial charge in [0, 0.05) is 44.3 Å². The number of nitrogens with zero attached hydrogens (tertiary/aromatic N) is 3. The molecule has 0 bridgehead atoms. The van der Waals surface area contributed by atoms with Gasteiger partial charge in [0.2, 0.25) is 5.91 Å². The van der Waals surface area contributed by atoms with Crippen molar-refractivity contribution in [2.75, 3.05) is 46.3 Å². The van der Waals surface area contributed by atoms with Crippen molar-refractivity contribution in [3.63, 3.8) is 0 Å². The van der Waals surface area contributed by atoms with Crippen molar-refractivity contribution < 1.29 is 36.6 Å². The molecule has 228 valence electrons. The van der Waals surface area contributed by atoms with Crippen LogP contribution in [0.4, 0.5) is 10.1 Å². The number of anilines is 1. The average molecular weight is 612 g/mol. The first-order valence-electron chi connectivity index (χ1n) is 13.6. The van der Waals surface area contributed by atoms with Gasteiger partial charge >= 0.3 is 0 Å². The van der Waals surface area contributed by atoms with E-state index in [2.05, 4.69) is 0 Å². The van der Waals surface area contributed by atoms with Gasteiger partial charge in [0.25, 0.3) is 15.9 Å². The topological polar surface area (TPSA) is 106 Å². The van der Waals surface area contributed by atoms with Crippen LogP contribution in [0.15, 0.2) is 65.6 Å². The summed E-state index contributed by atoms with van der Waals surface area (Å²) >= 11 is 0. The van der Waals surface area contributed by atoms with Crippen LogP contribution in [-0.4, -0.2) is 84.2 Å². The molecule has 0 aliphatic carbocycles. The monoisotopic (exact) mass is 611 g/mol. The number of carbonyl (C=O) groups excluding carboxylic acids is 2. The zero-order valence-electron chi connectivity index (χ0n) is 24.8. The Kier molecular flexibility index (Phi) is 7.86. The number of methoxy groups -OCH3 is 3. The fourth-order valence-corrected chi connectivity index (χ4v) is 7.74. The lowest BCUT2D eigenvalue weighted by molar-refractivity contribution is -0.138. The number of rotatable bonds is 8. The number of hydrogen-bond donors (Lipinski definition) is 0. The van der Waals surface area contributed by atoms with Crippen LogP contribution < -0.4 is 18.5 Å². The van der Waals surface area contributed by atoms with Crippen LogP contribution in [0.25, 0.3) is 0 Å². The second kappa shape index (κ2) is 11.2. The Morgan fingerprint density at radius 1 is 0.953 bits per heavy atom. The van der Waals surface area contributed by atoms with Crippen molar-refractivity contribution in [2.45, 2.75) is 36.0 Å². The predicted octanol–water partition coefficient (Wildman–Crippen LogP) is 3.50. The van der Waals surface area contributed by atoms with E-state index in [1.54, 1.807) is 56.6 Å². The highest BCUT2D eigenvalue weighted by Gasteiger charge is 2.64. The molecule has 1 fully saturated rings. The van der Waals surface area contributed by atoms with Crippen LogP contribution in [0.5, 0.6) is 17.2 Å². The zero-order chi connectivity index (χ0) is 31.3. The number of hydrogen-bond acceptors (Lipinski definition) is 8. The number of alkyl halides is 1. The first-order valence-corrected chi connectivity index (χ1v) is 15.1. The van der Waals surface area contributed by atoms with Gasteiger partial charge in [0.15, 0.2) is 5.54 Å². The van der Waals surface area contributed by atoms with Crippen molar-refractivity contribution in [2.24, 2.45) is 0 Å². The molecule has 3 aromatic rings. The van der Waals surface area contributed by atoms with E-state index < -0.39 is 39.6 Å². The number of likely N-dealkylation sites (N-methyl/N-ethyl adjacent to an activating group) is 1. The molecule has 0 spiro atoms. The van der Waals surface area contributed by atoms with Gasteiger partial charge in [0.1, 0.15) is 28.3 Å². The largest absolute Gasteiger partial charge is 0.497 e. The summed E-state index contributed by atoms with van der Waals surface area (Å²) in [6.45, 7) is 1.52. The number of sulfonamides is 1. The third-order valence-corrected chi connectivity index (χ3v) is 9.78. The van der Waals surface area contributed by atoms with E-state index >= 15 is 9.18 Å². The number of likely N-dealkylation sites (tertiary alicyclic amines) is 1. The van der Waals surface area contributed by atoms with Gasteiger partial charge in [-0.1, -0.05) is 35.9 Å². The highest BCUT2D eigenvalue weighted by Crippen LogP contribution is 2.55. The standard InChI is InChI=1S/C31H34FN3O7S/c1-19-11-13-24-23(15-19)31(22-9-7-8-10-26(22)41-5,34-18-20(32)16-25(34)29(36)33(2)3)30(37)35(24)43(38,39)28-14-12-21(40-4)17-27(28)42-6/h7-15,17,20,25H,16,18H2,1-6H3/t20-,25+,31?/m1/s1. The zero-order valence-corrected chi connectivity index (χ0v) is 25.6. The smallest absolute Gasteiger partial charge is 0.274 e. The summed E-state index contributed by atoms with van der Waals surface area (Å²) in [5.74, 6) is -0.682. The molecular formula is C31H34FN3O7S. The lowest BCUT2D eigenvalue weighted by atomic mass is 9.80. The molecule has 2 aliphatic heterocycles. The molecule has 2 amide bonds. The summed E-state index contributed by atoms with van der Waals surface area (Å²) in [5, 5.41) is 0. The fourth-order valence-electron chi connectivity index (χ4n) is 6.14. The maximum Gasteiger partial charge on any atom is 0.274 e. The molecule has 5 rings (SSSR count). The summed E-state index contributed by atoms with van der Waals surface area (Å²) in [6.07, 6.45) is -1.62. The lowest BCUT2D eigenvalue weighted by Gasteiger charge is -2.42. The van der Waals surface area contributed by atoms with Crippen LogP contribution in [0, 0.1) is 6.92 Å². The summed E-state index contributed by atoms with van der Waals surface area (Å²) < 4.78 is 61.6. The molecule has 0 aromatic heterocycles. The molecule has 0 N–H and O–H groups in total. The number of aryl methyl sites for hydroxylation is 1. The number of ether oxygens (including phenoxy) is 3. The molecule has 2 aliphatic rings. The maximum absolute atomic E-state index is 15.4. The Balaban J connectivity index is 1.86. The number of benzene rings is 3. The SMILES string of the molecule is COc1ccc(S(=O)(=O)N2C(=O)C(c3ccccc3OC)(N3C[C@H](F)C[C@H]3C(=O)N(C)C)c3cc(C)ccc32)c(OC)c1. The molecule has 0 saturated carbocycles. The predicted molar refractivity (Wildman–Crippen MR) is 158 cm³/mol. The average Bonchev–Trinajstić information content (AvgIpc) is 3.50. The summed E-state index contributed by atoms with van der Waals surface area (Å²) in [4.78, 5) is 31.3. The van der Waals surface area contributed by atoms with E-state index in [0.717, 1.165) is 9.87 Å². The highest BCUT2D eigenvalue weighted by atomic mass is 32.2. The van der Waals surface area contributed by atoms with E-state index in [-0.39, 0.29) is 35.0 Å². The van der Waals surface area contributed by atoms with Crippen molar-refractivity contribution >= 4 is 27.5 Å². The van der Waals surface area contributed by atoms with Gasteiger partial charge in [-0.2, -0.15) is 0 Å². The summed E-state index contributed by atoms with van der Waals surface area (Å²) in [6, 6.07) is 14.8. The number of amides is 2. The number of para-hydroxylation sites is 1. The summed E-state index contributed by atoms with van der Waals surface area (Å²) in [5.41, 5.74) is -0.530. The molecule has 43 heavy (non-hydrogen) atoms. The van der Waals surface area contributed by atoms with Crippen LogP contribution in [0.1, 0.15) is 23.1 Å². The molecule has 1 unspecified atom stereocenters. The maximum atomic E-state index is 15.4. The van der Waals surface area contributed by atoms with E-state index in [9.17, 15) is 13.2 Å². The van der Waals surface area contributed by atoms with Gasteiger partial charge in [-0.15, -0.1) is 0 Å². The minimum Gasteiger partial charge on any atom is -0.497 e. The third-order valence-electron chi connectivity index (χ3n) is 8.05. The van der Waals surface area contributed by atoms with Crippen LogP contribution in [-0.2, 0) is 25.2 Å². The summed E-state index contributed by atoms with van der Waals surface area (Å²) in [7, 11) is 2.68. The fraction of sp³-hybridized carbons (Fsp3) is 0.355. The van der Waals surface area contributed by atoms with Gasteiger partial charge in [0.05, 0.1) is 33.1 Å². The quantitative estimate of drug-likeness (QED) is 0.381. The van der Waals surface area contributed by atoms with Crippen LogP contribution >= 0.6 is 0 Å². The highest BCUT2D eigenvalue weighted by molar-refractivity contribution is 7.93. The van der Waals surface area contributed by atoms with Crippen LogP contribution in [0.3, 0.4) is 0 Å². The lowest BCUT2D eigenvalue weighted by Crippen LogP contribution is -2.59. The van der Waals surface area contributed by atoms with E-state index in [4.69, 9.17) is 14.2 Å². The Morgan fingerprint density at radius 2 is 1.65 bits per heavy atom. The van der Waals surface area contributed by atoms with Gasteiger partial charge in [-0.25, -0.2) is 17.1 Å². The molecule has 0 radical (unpaired) electrons. The minimum atomic E-state index is -4.63. The first-order chi connectivity index (χ1) is 20.4. The van der Waals surface area contributed by atoms with E-state index in [1.807, 2.05) is 6.92 Å². The normalized spacial score (nSPS) is 21.9. The first kappa shape index (κ1) is 30.3. The minimum absolute atomic E-state index is 0.0266. The molecule has 1 saturated heterocycles. The van der Waals surface area contributed by atoms with Gasteiger partial charge < -0.3 is 19.1 Å². The van der Waals surface area contributed by atoms with Gasteiger partial charge in [-0.3, -0.25) is 14.5 Å². The van der Waals surface area contributed by atoms with Crippen molar-refractivity contribution in [1.29, 1.82) is 0 Å². The van der Waals surface area contributed by atoms with Crippen molar-refractivity contribution in [1.82, 2.24) is 9.80 Å². The van der Waals surface area contributed by atoms with E-state index in [0.29, 0.717) is 16.9 Å². The number of carbonyl (C=O) groups is 2. The molecule has 12 heteroatoms. The second-order valence-corrected chi connectivity index (χ2v) is 12.5. The van der Waals surface area contributed by atoms with Crippen molar-refractivity contribution in [3.05, 3.63) is 77.4 Å². The molecule has 3 atom stereocenters.